The van der Waals surface area contributed by atoms with E-state index in [0.29, 0.717) is 23.0 Å². The van der Waals surface area contributed by atoms with Gasteiger partial charge in [-0.1, -0.05) is 0 Å². The Labute approximate surface area is 119 Å². The predicted molar refractivity (Wildman–Crippen MR) is 75.4 cm³/mol. The molecule has 1 aromatic heterocycles. The van der Waals surface area contributed by atoms with Crippen molar-refractivity contribution in [3.05, 3.63) is 21.1 Å². The van der Waals surface area contributed by atoms with E-state index < -0.39 is 10.5 Å². The Morgan fingerprint density at radius 1 is 1.55 bits per heavy atom. The number of thiophene rings is 1. The molecule has 0 radical (unpaired) electrons. The molecule has 1 fully saturated rings. The maximum atomic E-state index is 11.9. The highest BCUT2D eigenvalue weighted by atomic mass is 32.1. The van der Waals surface area contributed by atoms with Crippen LogP contribution in [0, 0.1) is 10.1 Å². The Kier molecular flexibility index (Phi) is 3.51. The lowest BCUT2D eigenvalue weighted by Crippen LogP contribution is -2.62. The summed E-state index contributed by atoms with van der Waals surface area (Å²) in [6.45, 7) is 5.67. The van der Waals surface area contributed by atoms with E-state index in [-0.39, 0.29) is 17.4 Å². The molecule has 1 aromatic rings. The van der Waals surface area contributed by atoms with Crippen LogP contribution in [0.3, 0.4) is 0 Å². The van der Waals surface area contributed by atoms with Gasteiger partial charge in [-0.05, 0) is 20.8 Å². The second kappa shape index (κ2) is 4.86. The average molecular weight is 297 g/mol. The number of hydrogen-bond donors (Lipinski definition) is 1. The monoisotopic (exact) mass is 297 g/mol. The van der Waals surface area contributed by atoms with Gasteiger partial charge >= 0.3 is 5.69 Å². The number of rotatable bonds is 3. The van der Waals surface area contributed by atoms with Crippen LogP contribution in [-0.4, -0.2) is 35.2 Å². The van der Waals surface area contributed by atoms with Crippen molar-refractivity contribution in [2.24, 2.45) is 0 Å². The zero-order valence-electron chi connectivity index (χ0n) is 11.4. The molecule has 8 heteroatoms. The van der Waals surface area contributed by atoms with Crippen molar-refractivity contribution in [3.63, 3.8) is 0 Å². The van der Waals surface area contributed by atoms with Gasteiger partial charge in [0.2, 0.25) is 5.91 Å². The summed E-state index contributed by atoms with van der Waals surface area (Å²) in [5.41, 5.74) is -1.01. The van der Waals surface area contributed by atoms with Gasteiger partial charge in [-0.2, -0.15) is 0 Å². The Bertz CT molecular complexity index is 594. The average Bonchev–Trinajstić information content (AvgIpc) is 2.77. The summed E-state index contributed by atoms with van der Waals surface area (Å²) in [7, 11) is 0. The summed E-state index contributed by atoms with van der Waals surface area (Å²) >= 11 is 1.06. The largest absolute Gasteiger partial charge is 0.352 e. The molecular formula is C12H15N3O4S. The first kappa shape index (κ1) is 14.4. The standard InChI is InChI=1S/C12H15N3O4S/c1-7(16)9-6-8(15(18)19)10(20-9)14-5-4-13-11(17)12(14,2)3/h6H,4-5H2,1-3H3,(H,13,17). The summed E-state index contributed by atoms with van der Waals surface area (Å²) in [5.74, 6) is -0.403. The van der Waals surface area contributed by atoms with Gasteiger partial charge in [-0.25, -0.2) is 0 Å². The number of Topliss-reactive ketones (excluding diaryl/α,β-unsaturated/α-hetero) is 1. The highest BCUT2D eigenvalue weighted by Gasteiger charge is 2.41. The van der Waals surface area contributed by atoms with Crippen LogP contribution in [0.4, 0.5) is 10.7 Å². The number of nitrogens with one attached hydrogen (secondary N) is 1. The summed E-state index contributed by atoms with van der Waals surface area (Å²) < 4.78 is 0. The van der Waals surface area contributed by atoms with Crippen molar-refractivity contribution >= 4 is 33.7 Å². The second-order valence-electron chi connectivity index (χ2n) is 5.08. The van der Waals surface area contributed by atoms with Gasteiger partial charge in [-0.3, -0.25) is 19.7 Å². The number of carbonyl (C=O) groups is 2. The fraction of sp³-hybridized carbons (Fsp3) is 0.500. The van der Waals surface area contributed by atoms with Gasteiger partial charge < -0.3 is 10.2 Å². The van der Waals surface area contributed by atoms with Crippen LogP contribution in [0.1, 0.15) is 30.4 Å². The molecule has 2 heterocycles. The van der Waals surface area contributed by atoms with Crippen LogP contribution in [0.15, 0.2) is 6.07 Å². The quantitative estimate of drug-likeness (QED) is 0.519. The number of amides is 1. The van der Waals surface area contributed by atoms with E-state index in [2.05, 4.69) is 5.32 Å². The minimum atomic E-state index is -0.887. The summed E-state index contributed by atoms with van der Waals surface area (Å²) in [4.78, 5) is 36.0. The maximum Gasteiger partial charge on any atom is 0.304 e. The van der Waals surface area contributed by atoms with Crippen molar-refractivity contribution in [3.8, 4) is 0 Å². The third-order valence-corrected chi connectivity index (χ3v) is 4.58. The number of nitrogens with zero attached hydrogens (tertiary/aromatic N) is 2. The minimum Gasteiger partial charge on any atom is -0.352 e. The van der Waals surface area contributed by atoms with Crippen LogP contribution in [0.5, 0.6) is 0 Å². The van der Waals surface area contributed by atoms with Gasteiger partial charge in [0.15, 0.2) is 10.8 Å². The van der Waals surface area contributed by atoms with Crippen molar-refractivity contribution < 1.29 is 14.5 Å². The zero-order valence-corrected chi connectivity index (χ0v) is 12.2. The van der Waals surface area contributed by atoms with Gasteiger partial charge in [0.05, 0.1) is 9.80 Å². The molecular weight excluding hydrogens is 282 g/mol. The second-order valence-corrected chi connectivity index (χ2v) is 6.11. The van der Waals surface area contributed by atoms with Crippen LogP contribution < -0.4 is 10.2 Å². The van der Waals surface area contributed by atoms with E-state index in [9.17, 15) is 19.7 Å². The van der Waals surface area contributed by atoms with E-state index in [1.54, 1.807) is 18.7 Å². The molecule has 0 unspecified atom stereocenters. The molecule has 0 aromatic carbocycles. The molecule has 1 amide bonds. The van der Waals surface area contributed by atoms with Crippen LogP contribution in [-0.2, 0) is 4.79 Å². The van der Waals surface area contributed by atoms with E-state index >= 15 is 0 Å². The molecule has 0 bridgehead atoms. The Morgan fingerprint density at radius 2 is 2.20 bits per heavy atom. The number of hydrogen-bond acceptors (Lipinski definition) is 6. The number of anilines is 1. The van der Waals surface area contributed by atoms with Crippen LogP contribution in [0.25, 0.3) is 0 Å². The lowest BCUT2D eigenvalue weighted by atomic mass is 9.99. The number of ketones is 1. The van der Waals surface area contributed by atoms with Gasteiger partial charge in [-0.15, -0.1) is 11.3 Å². The third-order valence-electron chi connectivity index (χ3n) is 3.33. The molecule has 108 valence electrons. The third kappa shape index (κ3) is 2.26. The summed E-state index contributed by atoms with van der Waals surface area (Å²) in [5, 5.41) is 14.3. The van der Waals surface area contributed by atoms with Crippen molar-refractivity contribution in [1.29, 1.82) is 0 Å². The lowest BCUT2D eigenvalue weighted by Gasteiger charge is -2.41. The predicted octanol–water partition coefficient (Wildman–Crippen LogP) is 1.57. The molecule has 0 saturated carbocycles. The van der Waals surface area contributed by atoms with Crippen LogP contribution >= 0.6 is 11.3 Å². The van der Waals surface area contributed by atoms with Crippen molar-refractivity contribution in [2.75, 3.05) is 18.0 Å². The topological polar surface area (TPSA) is 92.5 Å². The normalized spacial score (nSPS) is 17.8. The lowest BCUT2D eigenvalue weighted by molar-refractivity contribution is -0.383. The van der Waals surface area contributed by atoms with Gasteiger partial charge in [0, 0.05) is 19.2 Å². The first-order valence-corrected chi connectivity index (χ1v) is 6.92. The van der Waals surface area contributed by atoms with Crippen LogP contribution in [0.2, 0.25) is 0 Å². The minimum absolute atomic E-state index is 0.122. The maximum absolute atomic E-state index is 11.9. The Morgan fingerprint density at radius 3 is 2.75 bits per heavy atom. The number of nitro groups is 1. The molecule has 1 aliphatic heterocycles. The molecule has 2 rings (SSSR count). The van der Waals surface area contributed by atoms with Crippen molar-refractivity contribution in [2.45, 2.75) is 26.3 Å². The SMILES string of the molecule is CC(=O)c1cc([N+](=O)[O-])c(N2CCNC(=O)C2(C)C)s1. The van der Waals surface area contributed by atoms with Crippen molar-refractivity contribution in [1.82, 2.24) is 5.32 Å². The number of piperazine rings is 1. The summed E-state index contributed by atoms with van der Waals surface area (Å²) in [6, 6.07) is 1.28. The molecule has 1 saturated heterocycles. The van der Waals surface area contributed by atoms with E-state index in [4.69, 9.17) is 0 Å². The molecule has 1 N–H and O–H groups in total. The van der Waals surface area contributed by atoms with E-state index in [1.165, 1.54) is 13.0 Å². The fourth-order valence-electron chi connectivity index (χ4n) is 2.12. The molecule has 0 atom stereocenters. The molecule has 0 spiro atoms. The first-order chi connectivity index (χ1) is 9.25. The van der Waals surface area contributed by atoms with Gasteiger partial charge in [0.1, 0.15) is 5.54 Å². The molecule has 7 nitrogen and oxygen atoms in total. The fourth-order valence-corrected chi connectivity index (χ4v) is 3.31. The zero-order chi connectivity index (χ0) is 15.1. The highest BCUT2D eigenvalue weighted by molar-refractivity contribution is 7.18. The van der Waals surface area contributed by atoms with E-state index in [1.807, 2.05) is 0 Å². The Balaban J connectivity index is 2.53. The highest BCUT2D eigenvalue weighted by Crippen LogP contribution is 2.41. The molecule has 20 heavy (non-hydrogen) atoms. The van der Waals surface area contributed by atoms with E-state index in [0.717, 1.165) is 11.3 Å². The number of carbonyl (C=O) groups excluding carboxylic acids is 2. The summed E-state index contributed by atoms with van der Waals surface area (Å²) in [6.07, 6.45) is 0. The molecule has 0 aliphatic carbocycles. The smallest absolute Gasteiger partial charge is 0.304 e. The molecule has 1 aliphatic rings. The first-order valence-electron chi connectivity index (χ1n) is 6.10. The Hall–Kier alpha value is -1.96. The van der Waals surface area contributed by atoms with Gasteiger partial charge in [0.25, 0.3) is 0 Å².